The predicted octanol–water partition coefficient (Wildman–Crippen LogP) is 3.57. The Hall–Kier alpha value is -3.41. The first-order chi connectivity index (χ1) is 13.2. The maximum Gasteiger partial charge on any atom is 0.270 e. The SMILES string of the molecule is CCN(c1ccccc1)c1nccc(C(=O)NCc2ccc(OC)cc2)n1. The fourth-order valence-electron chi connectivity index (χ4n) is 2.67. The molecule has 1 aromatic heterocycles. The van der Waals surface area contributed by atoms with Gasteiger partial charge in [0.05, 0.1) is 7.11 Å². The van der Waals surface area contributed by atoms with E-state index in [0.717, 1.165) is 17.0 Å². The van der Waals surface area contributed by atoms with Gasteiger partial charge in [0.1, 0.15) is 11.4 Å². The molecule has 0 atom stereocenters. The molecule has 1 N–H and O–H groups in total. The van der Waals surface area contributed by atoms with Gasteiger partial charge < -0.3 is 15.0 Å². The van der Waals surface area contributed by atoms with Gasteiger partial charge in [0, 0.05) is 25.0 Å². The van der Waals surface area contributed by atoms with Gasteiger partial charge in [-0.25, -0.2) is 9.97 Å². The lowest BCUT2D eigenvalue weighted by molar-refractivity contribution is 0.0946. The van der Waals surface area contributed by atoms with Crippen LogP contribution in [0, 0.1) is 0 Å². The molecule has 3 rings (SSSR count). The molecule has 0 spiro atoms. The smallest absolute Gasteiger partial charge is 0.270 e. The minimum atomic E-state index is -0.237. The highest BCUT2D eigenvalue weighted by atomic mass is 16.5. The van der Waals surface area contributed by atoms with Crippen molar-refractivity contribution in [2.75, 3.05) is 18.6 Å². The molecular weight excluding hydrogens is 340 g/mol. The van der Waals surface area contributed by atoms with E-state index >= 15 is 0 Å². The second-order valence-corrected chi connectivity index (χ2v) is 5.85. The Morgan fingerprint density at radius 1 is 1.07 bits per heavy atom. The lowest BCUT2D eigenvalue weighted by atomic mass is 10.2. The molecule has 0 bridgehead atoms. The van der Waals surface area contributed by atoms with Crippen LogP contribution >= 0.6 is 0 Å². The predicted molar refractivity (Wildman–Crippen MR) is 105 cm³/mol. The molecule has 6 heteroatoms. The van der Waals surface area contributed by atoms with Crippen LogP contribution in [0.25, 0.3) is 0 Å². The summed E-state index contributed by atoms with van der Waals surface area (Å²) in [7, 11) is 1.62. The second kappa shape index (κ2) is 8.80. The molecule has 1 amide bonds. The number of para-hydroxylation sites is 1. The maximum atomic E-state index is 12.5. The van der Waals surface area contributed by atoms with Gasteiger partial charge in [-0.3, -0.25) is 4.79 Å². The number of benzene rings is 2. The summed E-state index contributed by atoms with van der Waals surface area (Å²) in [5.74, 6) is 1.05. The van der Waals surface area contributed by atoms with Gasteiger partial charge in [-0.1, -0.05) is 30.3 Å². The Morgan fingerprint density at radius 2 is 1.81 bits per heavy atom. The number of hydrogen-bond acceptors (Lipinski definition) is 5. The van der Waals surface area contributed by atoms with Gasteiger partial charge in [0.2, 0.25) is 5.95 Å². The van der Waals surface area contributed by atoms with Gasteiger partial charge in [-0.05, 0) is 42.8 Å². The minimum absolute atomic E-state index is 0.237. The molecule has 138 valence electrons. The minimum Gasteiger partial charge on any atom is -0.497 e. The average molecular weight is 362 g/mol. The number of rotatable bonds is 7. The molecule has 6 nitrogen and oxygen atoms in total. The van der Waals surface area contributed by atoms with Crippen LogP contribution in [0.4, 0.5) is 11.6 Å². The lowest BCUT2D eigenvalue weighted by Crippen LogP contribution is -2.25. The van der Waals surface area contributed by atoms with E-state index in [1.807, 2.05) is 66.4 Å². The number of hydrogen-bond donors (Lipinski definition) is 1. The molecule has 0 unspecified atom stereocenters. The second-order valence-electron chi connectivity index (χ2n) is 5.85. The third-order valence-corrected chi connectivity index (χ3v) is 4.11. The zero-order chi connectivity index (χ0) is 19.1. The van der Waals surface area contributed by atoms with Crippen LogP contribution in [-0.4, -0.2) is 29.5 Å². The van der Waals surface area contributed by atoms with Crippen LogP contribution in [0.5, 0.6) is 5.75 Å². The first kappa shape index (κ1) is 18.4. The van der Waals surface area contributed by atoms with Crippen LogP contribution in [0.1, 0.15) is 23.0 Å². The molecule has 0 saturated heterocycles. The Labute approximate surface area is 158 Å². The van der Waals surface area contributed by atoms with Crippen LogP contribution in [0.2, 0.25) is 0 Å². The first-order valence-electron chi connectivity index (χ1n) is 8.78. The number of carbonyl (C=O) groups excluding carboxylic acids is 1. The quantitative estimate of drug-likeness (QED) is 0.696. The summed E-state index contributed by atoms with van der Waals surface area (Å²) in [5, 5.41) is 2.89. The standard InChI is InChI=1S/C21H22N4O2/c1-3-25(17-7-5-4-6-8-17)21-22-14-13-19(24-21)20(26)23-15-16-9-11-18(27-2)12-10-16/h4-14H,3,15H2,1-2H3,(H,23,26). The molecular formula is C21H22N4O2. The molecule has 0 aliphatic carbocycles. The number of aromatic nitrogens is 2. The van der Waals surface area contributed by atoms with Crippen molar-refractivity contribution in [3.8, 4) is 5.75 Å². The van der Waals surface area contributed by atoms with E-state index in [4.69, 9.17) is 4.74 Å². The van der Waals surface area contributed by atoms with Crippen LogP contribution in [-0.2, 0) is 6.54 Å². The summed E-state index contributed by atoms with van der Waals surface area (Å²) in [6, 6.07) is 19.0. The first-order valence-corrected chi connectivity index (χ1v) is 8.78. The number of carbonyl (C=O) groups is 1. The zero-order valence-corrected chi connectivity index (χ0v) is 15.4. The van der Waals surface area contributed by atoms with Crippen molar-refractivity contribution < 1.29 is 9.53 Å². The van der Waals surface area contributed by atoms with Crippen molar-refractivity contribution in [2.45, 2.75) is 13.5 Å². The average Bonchev–Trinajstić information content (AvgIpc) is 2.74. The summed E-state index contributed by atoms with van der Waals surface area (Å²) < 4.78 is 5.14. The number of methoxy groups -OCH3 is 1. The topological polar surface area (TPSA) is 67.4 Å². The molecule has 0 aliphatic heterocycles. The van der Waals surface area contributed by atoms with E-state index in [0.29, 0.717) is 24.7 Å². The Kier molecular flexibility index (Phi) is 5.99. The zero-order valence-electron chi connectivity index (χ0n) is 15.4. The molecule has 0 fully saturated rings. The fourth-order valence-corrected chi connectivity index (χ4v) is 2.67. The molecule has 27 heavy (non-hydrogen) atoms. The third-order valence-electron chi connectivity index (χ3n) is 4.11. The number of amides is 1. The van der Waals surface area contributed by atoms with Crippen molar-refractivity contribution in [2.24, 2.45) is 0 Å². The maximum absolute atomic E-state index is 12.5. The molecule has 1 heterocycles. The number of nitrogens with zero attached hydrogens (tertiary/aromatic N) is 3. The summed E-state index contributed by atoms with van der Waals surface area (Å²) in [4.78, 5) is 23.2. The van der Waals surface area contributed by atoms with E-state index in [1.54, 1.807) is 19.4 Å². The Morgan fingerprint density at radius 3 is 2.48 bits per heavy atom. The highest BCUT2D eigenvalue weighted by Crippen LogP contribution is 2.21. The van der Waals surface area contributed by atoms with E-state index in [1.165, 1.54) is 0 Å². The Balaban J connectivity index is 1.71. The normalized spacial score (nSPS) is 10.3. The molecule has 3 aromatic rings. The highest BCUT2D eigenvalue weighted by molar-refractivity contribution is 5.92. The van der Waals surface area contributed by atoms with Gasteiger partial charge in [-0.15, -0.1) is 0 Å². The van der Waals surface area contributed by atoms with Crippen LogP contribution < -0.4 is 15.0 Å². The van der Waals surface area contributed by atoms with E-state index in [9.17, 15) is 4.79 Å². The highest BCUT2D eigenvalue weighted by Gasteiger charge is 2.13. The molecule has 2 aromatic carbocycles. The summed E-state index contributed by atoms with van der Waals surface area (Å²) in [5.41, 5.74) is 2.30. The van der Waals surface area contributed by atoms with Gasteiger partial charge >= 0.3 is 0 Å². The molecule has 0 saturated carbocycles. The van der Waals surface area contributed by atoms with Crippen molar-refractivity contribution in [1.29, 1.82) is 0 Å². The van der Waals surface area contributed by atoms with Crippen LogP contribution in [0.3, 0.4) is 0 Å². The van der Waals surface area contributed by atoms with Crippen molar-refractivity contribution >= 4 is 17.5 Å². The lowest BCUT2D eigenvalue weighted by Gasteiger charge is -2.21. The van der Waals surface area contributed by atoms with E-state index in [2.05, 4.69) is 15.3 Å². The number of anilines is 2. The van der Waals surface area contributed by atoms with Crippen molar-refractivity contribution in [3.63, 3.8) is 0 Å². The number of ether oxygens (including phenoxy) is 1. The van der Waals surface area contributed by atoms with Gasteiger partial charge in [0.15, 0.2) is 0 Å². The summed E-state index contributed by atoms with van der Waals surface area (Å²) in [6.45, 7) is 3.13. The van der Waals surface area contributed by atoms with Gasteiger partial charge in [-0.2, -0.15) is 0 Å². The van der Waals surface area contributed by atoms with E-state index in [-0.39, 0.29) is 5.91 Å². The van der Waals surface area contributed by atoms with Crippen molar-refractivity contribution in [1.82, 2.24) is 15.3 Å². The molecule has 0 radical (unpaired) electrons. The van der Waals surface area contributed by atoms with Gasteiger partial charge in [0.25, 0.3) is 5.91 Å². The van der Waals surface area contributed by atoms with E-state index < -0.39 is 0 Å². The molecule has 0 aliphatic rings. The van der Waals surface area contributed by atoms with Crippen LogP contribution in [0.15, 0.2) is 66.9 Å². The van der Waals surface area contributed by atoms with Crippen molar-refractivity contribution in [3.05, 3.63) is 78.1 Å². The third kappa shape index (κ3) is 4.61. The Bertz CT molecular complexity index is 882. The monoisotopic (exact) mass is 362 g/mol. The largest absolute Gasteiger partial charge is 0.497 e. The summed E-state index contributed by atoms with van der Waals surface area (Å²) in [6.07, 6.45) is 1.61. The summed E-state index contributed by atoms with van der Waals surface area (Å²) >= 11 is 0. The fraction of sp³-hybridized carbons (Fsp3) is 0.190. The number of nitrogens with one attached hydrogen (secondary N) is 1.